The van der Waals surface area contributed by atoms with Crippen LogP contribution in [0.5, 0.6) is 23.0 Å². The number of nitrogens with one attached hydrogen (secondary N) is 2. The Morgan fingerprint density at radius 2 is 0.557 bits per heavy atom. The van der Waals surface area contributed by atoms with Crippen molar-refractivity contribution in [3.05, 3.63) is 143 Å². The highest BCUT2D eigenvalue weighted by atomic mass is 16.7. The number of fused-ring (bicyclic) bond motifs is 8. The lowest BCUT2D eigenvalue weighted by Crippen LogP contribution is -2.54. The summed E-state index contributed by atoms with van der Waals surface area (Å²) in [7, 11) is 0. The lowest BCUT2D eigenvalue weighted by Gasteiger charge is -2.34. The number of aryl methyl sites for hydroxylation is 2. The maximum atomic E-state index is 10.7. The van der Waals surface area contributed by atoms with Crippen LogP contribution in [0.25, 0.3) is 79.8 Å². The molecule has 13 rings (SSSR count). The van der Waals surface area contributed by atoms with Gasteiger partial charge >= 0.3 is 0 Å². The first-order valence-corrected chi connectivity index (χ1v) is 28.7. The van der Waals surface area contributed by atoms with Crippen LogP contribution < -0.4 is 18.9 Å². The van der Waals surface area contributed by atoms with Gasteiger partial charge in [-0.1, -0.05) is 48.5 Å². The molecule has 16 atom stereocenters. The van der Waals surface area contributed by atoms with Crippen molar-refractivity contribution in [2.45, 2.75) is 111 Å². The Morgan fingerprint density at radius 1 is 0.307 bits per heavy atom. The van der Waals surface area contributed by atoms with Gasteiger partial charge in [0.15, 0.2) is 0 Å². The minimum atomic E-state index is -1.53. The predicted molar refractivity (Wildman–Crippen MR) is 313 cm³/mol. The molecule has 0 amide bonds. The average Bonchev–Trinajstić information content (AvgIpc) is 2.16. The minimum Gasteiger partial charge on any atom is -0.462 e. The molecule has 0 radical (unpaired) electrons. The number of rotatable bonds is 12. The molecular weight excluding hydrogens is 1140 g/mol. The number of hydrogen-bond acceptors (Lipinski definition) is 22. The van der Waals surface area contributed by atoms with Gasteiger partial charge < -0.3 is 109 Å². The van der Waals surface area contributed by atoms with Crippen molar-refractivity contribution in [2.24, 2.45) is 0 Å². The largest absolute Gasteiger partial charge is 0.462 e. The third-order valence-electron chi connectivity index (χ3n) is 16.5. The maximum absolute atomic E-state index is 10.7. The van der Waals surface area contributed by atoms with E-state index in [9.17, 15) is 61.3 Å². The summed E-state index contributed by atoms with van der Waals surface area (Å²) in [6.07, 6.45) is -13.5. The van der Waals surface area contributed by atoms with Crippen molar-refractivity contribution in [2.75, 3.05) is 26.4 Å². The maximum Gasteiger partial charge on any atom is 0.228 e. The lowest BCUT2D eigenvalue weighted by atomic mass is 9.99. The zero-order chi connectivity index (χ0) is 61.1. The van der Waals surface area contributed by atoms with Gasteiger partial charge in [0, 0.05) is 44.7 Å². The van der Waals surface area contributed by atoms with E-state index in [2.05, 4.69) is 9.97 Å². The van der Waals surface area contributed by atoms with E-state index in [0.29, 0.717) is 91.9 Å². The van der Waals surface area contributed by atoms with Gasteiger partial charge in [-0.15, -0.1) is 0 Å². The fourth-order valence-electron chi connectivity index (χ4n) is 11.6. The summed E-state index contributed by atoms with van der Waals surface area (Å²) in [5.41, 5.74) is 10.8. The van der Waals surface area contributed by atoms with Gasteiger partial charge in [0.05, 0.1) is 49.2 Å². The number of benzene rings is 4. The summed E-state index contributed by atoms with van der Waals surface area (Å²) >= 11 is 0. The van der Waals surface area contributed by atoms with Gasteiger partial charge in [0.1, 0.15) is 96.2 Å². The monoisotopic (exact) mass is 1210 g/mol. The van der Waals surface area contributed by atoms with Crippen molar-refractivity contribution in [1.82, 2.24) is 19.9 Å². The van der Waals surface area contributed by atoms with Crippen molar-refractivity contribution in [1.29, 1.82) is 0 Å². The molecule has 14 N–H and O–H groups in total. The normalized spacial score (nSPS) is 30.0. The number of nitrogens with zero attached hydrogens (tertiary/aromatic N) is 2. The molecule has 0 spiro atoms. The van der Waals surface area contributed by atoms with Crippen LogP contribution in [-0.4, -0.2) is 206 Å². The van der Waals surface area contributed by atoms with E-state index in [1.54, 1.807) is 48.5 Å². The molecule has 7 aliphatic heterocycles. The number of aromatic nitrogens is 4. The molecule has 4 saturated heterocycles. The zero-order valence-electron chi connectivity index (χ0n) is 46.7. The first-order valence-electron chi connectivity index (χ1n) is 28.7. The van der Waals surface area contributed by atoms with E-state index in [0.717, 1.165) is 33.6 Å². The van der Waals surface area contributed by atoms with Crippen LogP contribution in [0.4, 0.5) is 0 Å². The van der Waals surface area contributed by atoms with Gasteiger partial charge in [-0.3, -0.25) is 0 Å². The molecule has 4 fully saturated rings. The molecule has 2 aromatic heterocycles. The minimum absolute atomic E-state index is 0.243. The van der Waals surface area contributed by atoms with Crippen LogP contribution in [0.1, 0.15) is 34.2 Å². The van der Waals surface area contributed by atoms with Crippen LogP contribution in [-0.2, 0) is 31.8 Å². The molecule has 4 unspecified atom stereocenters. The summed E-state index contributed by atoms with van der Waals surface area (Å²) in [6.45, 7) is -0.979. The summed E-state index contributed by atoms with van der Waals surface area (Å²) in [5, 5.41) is 125. The number of ether oxygens (including phenoxy) is 8. The molecule has 88 heavy (non-hydrogen) atoms. The highest BCUT2D eigenvalue weighted by Crippen LogP contribution is 2.41. The first kappa shape index (κ1) is 59.3. The van der Waals surface area contributed by atoms with Gasteiger partial charge in [0.2, 0.25) is 25.2 Å². The topological polar surface area (TPSA) is 374 Å². The van der Waals surface area contributed by atoms with E-state index < -0.39 is 98.4 Å². The number of aliphatic hydroxyl groups is 12. The molecule has 0 aliphatic carbocycles. The summed E-state index contributed by atoms with van der Waals surface area (Å²) in [6, 6.07) is 32.1. The molecular formula is C64H64N4O20. The first-order chi connectivity index (χ1) is 42.5. The fraction of sp³-hybridized carbons (Fsp3) is 0.344. The van der Waals surface area contributed by atoms with Crippen LogP contribution in [0.2, 0.25) is 0 Å². The molecule has 9 heterocycles. The second-order valence-corrected chi connectivity index (χ2v) is 22.4. The van der Waals surface area contributed by atoms with E-state index in [1.165, 1.54) is 0 Å². The van der Waals surface area contributed by atoms with Crippen molar-refractivity contribution >= 4 is 35.3 Å². The van der Waals surface area contributed by atoms with E-state index in [-0.39, 0.29) is 26.4 Å². The molecule has 24 nitrogen and oxygen atoms in total. The van der Waals surface area contributed by atoms with E-state index in [1.807, 2.05) is 85.0 Å². The average molecular weight is 1210 g/mol. The number of aromatic amines is 2. The summed E-state index contributed by atoms with van der Waals surface area (Å²) in [4.78, 5) is 18.3. The number of H-pyrrole nitrogens is 2. The molecule has 460 valence electrons. The third-order valence-corrected chi connectivity index (χ3v) is 16.5. The Labute approximate surface area is 501 Å². The smallest absolute Gasteiger partial charge is 0.228 e. The highest BCUT2D eigenvalue weighted by molar-refractivity contribution is 5.97. The number of aliphatic hydroxyl groups excluding tert-OH is 12. The Balaban J connectivity index is 0.982. The second kappa shape index (κ2) is 24.7. The quantitative estimate of drug-likeness (QED) is 0.0833. The lowest BCUT2D eigenvalue weighted by molar-refractivity contribution is -0.242. The molecule has 4 aromatic carbocycles. The van der Waals surface area contributed by atoms with E-state index in [4.69, 9.17) is 47.9 Å². The molecule has 7 aliphatic rings. The highest BCUT2D eigenvalue weighted by Gasteiger charge is 2.42. The Bertz CT molecular complexity index is 3540. The van der Waals surface area contributed by atoms with E-state index >= 15 is 0 Å². The van der Waals surface area contributed by atoms with Crippen LogP contribution in [0, 0.1) is 0 Å². The molecule has 8 bridgehead atoms. The summed E-state index contributed by atoms with van der Waals surface area (Å²) < 4.78 is 46.1. The van der Waals surface area contributed by atoms with Crippen LogP contribution in [0.15, 0.2) is 109 Å². The van der Waals surface area contributed by atoms with Crippen LogP contribution >= 0.6 is 0 Å². The van der Waals surface area contributed by atoms with Gasteiger partial charge in [0.25, 0.3) is 0 Å². The Morgan fingerprint density at radius 3 is 0.830 bits per heavy atom. The molecule has 0 saturated carbocycles. The SMILES string of the molecule is O[C@H]1[C@H](O)COC(Oc2ccc(-c3c4nc(c(-c5ccc(OC6OC[C@@H](O)[C@H](O)[C@H]6O)cc5)c5ccc([nH]5)c(-c5ccc(OC6OC[C@@H](O)[C@H](O)[C@H]6O)cc5)c5nc(c(-c6ccc(OC7OC[C@@H](O)[C@H](O)[C@H]7O)cc6)c6[nH]c3CC6)C=C5)C=C4)cc2)[C@@H]1O. The van der Waals surface area contributed by atoms with Crippen LogP contribution in [0.3, 0.4) is 0 Å². The van der Waals surface area contributed by atoms with Gasteiger partial charge in [-0.05, 0) is 120 Å². The van der Waals surface area contributed by atoms with Crippen molar-refractivity contribution in [3.63, 3.8) is 0 Å². The van der Waals surface area contributed by atoms with Crippen molar-refractivity contribution < 1.29 is 99.2 Å². The zero-order valence-corrected chi connectivity index (χ0v) is 46.7. The fourth-order valence-corrected chi connectivity index (χ4v) is 11.6. The summed E-state index contributed by atoms with van der Waals surface area (Å²) in [5.74, 6) is 1.25. The predicted octanol–water partition coefficient (Wildman–Crippen LogP) is 2.10. The van der Waals surface area contributed by atoms with Gasteiger partial charge in [-0.2, -0.15) is 0 Å². The van der Waals surface area contributed by atoms with Crippen molar-refractivity contribution in [3.8, 4) is 67.5 Å². The Kier molecular flexibility index (Phi) is 16.6. The number of hydrogen-bond donors (Lipinski definition) is 14. The molecule has 6 aromatic rings. The van der Waals surface area contributed by atoms with Gasteiger partial charge in [-0.25, -0.2) is 9.97 Å². The Hall–Kier alpha value is -7.70. The third kappa shape index (κ3) is 11.7. The molecule has 24 heteroatoms. The second-order valence-electron chi connectivity index (χ2n) is 22.4. The standard InChI is InChI=1S/C64H64N4O20/c69-45-25-81-61(57(77)53(45)73)85-33-9-1-29(2-10-33)49-37-17-19-39(65-37)50(30-3-11-34(12-4-30)86-62-58(78)54(74)46(70)26-82-62)41-21-23-43(67-41)52(32-7-15-36(16-8-32)88-64-60(80)56(76)48(72)28-84-64)44-24-22-42(68-44)51(40-20-18-38(49)66-40)31-5-13-35(14-6-31)87-63-59(79)55(75)47(71)27-83-63/h1-21,23,45-48,53-65,68-80H,22,24-28H2/t45-,46-,47-,48-,53+,54+,55+,56+,57-,58-,59-,60-,61?,62?,63?,64?/m1/s1.